The van der Waals surface area contributed by atoms with Crippen LogP contribution in [0.15, 0.2) is 30.6 Å². The van der Waals surface area contributed by atoms with Gasteiger partial charge in [0.1, 0.15) is 0 Å². The maximum absolute atomic E-state index is 13.1. The highest BCUT2D eigenvalue weighted by Gasteiger charge is 2.47. The van der Waals surface area contributed by atoms with Gasteiger partial charge in [0.05, 0.1) is 36.2 Å². The van der Waals surface area contributed by atoms with Crippen molar-refractivity contribution in [3.05, 3.63) is 47.0 Å². The van der Waals surface area contributed by atoms with Gasteiger partial charge in [0.15, 0.2) is 11.6 Å². The van der Waals surface area contributed by atoms with Crippen LogP contribution in [0, 0.1) is 11.2 Å². The molecule has 1 heterocycles. The van der Waals surface area contributed by atoms with Gasteiger partial charge in [-0.15, -0.1) is 0 Å². The minimum atomic E-state index is -3.38. The van der Waals surface area contributed by atoms with Crippen LogP contribution in [0.3, 0.4) is 0 Å². The first-order chi connectivity index (χ1) is 13.6. The van der Waals surface area contributed by atoms with Crippen LogP contribution < -0.4 is 4.72 Å². The van der Waals surface area contributed by atoms with Crippen molar-refractivity contribution in [3.63, 3.8) is 0 Å². The highest BCUT2D eigenvalue weighted by Crippen LogP contribution is 2.43. The summed E-state index contributed by atoms with van der Waals surface area (Å²) in [6.45, 7) is 0. The van der Waals surface area contributed by atoms with Crippen LogP contribution in [-0.2, 0) is 26.0 Å². The van der Waals surface area contributed by atoms with Crippen LogP contribution in [0.25, 0.3) is 11.4 Å². The molecule has 3 rings (SSSR count). The van der Waals surface area contributed by atoms with E-state index in [1.165, 1.54) is 7.11 Å². The zero-order valence-electron chi connectivity index (χ0n) is 16.0. The summed E-state index contributed by atoms with van der Waals surface area (Å²) in [6, 6.07) is 4.89. The standard InChI is InChI=1S/C19H21ClFN3O4S/c1-28-18(25)19(6-5-14(9-19)24-29(2,26)27)8-12-3-4-16(20)15(7-12)17-22-10-13(21)11-23-17/h3-4,7,10-11,14,24H,5-6,8-9H2,1-2H3/t14-,19+/m0/s1. The zero-order chi connectivity index (χ0) is 21.2. The molecule has 0 unspecified atom stereocenters. The molecule has 1 fully saturated rings. The van der Waals surface area contributed by atoms with Crippen molar-refractivity contribution >= 4 is 27.6 Å². The van der Waals surface area contributed by atoms with E-state index in [9.17, 15) is 17.6 Å². The van der Waals surface area contributed by atoms with Crippen LogP contribution in [0.2, 0.25) is 5.02 Å². The molecule has 0 radical (unpaired) electrons. The Hall–Kier alpha value is -2.10. The molecular formula is C19H21ClFN3O4S. The number of hydrogen-bond acceptors (Lipinski definition) is 6. The highest BCUT2D eigenvalue weighted by molar-refractivity contribution is 7.88. The van der Waals surface area contributed by atoms with E-state index in [4.69, 9.17) is 16.3 Å². The Morgan fingerprint density at radius 3 is 2.69 bits per heavy atom. The molecule has 0 aliphatic heterocycles. The number of hydrogen-bond donors (Lipinski definition) is 1. The fourth-order valence-corrected chi connectivity index (χ4v) is 4.87. The van der Waals surface area contributed by atoms with Crippen LogP contribution in [0.5, 0.6) is 0 Å². The van der Waals surface area contributed by atoms with E-state index < -0.39 is 21.3 Å². The van der Waals surface area contributed by atoms with Gasteiger partial charge < -0.3 is 4.74 Å². The predicted molar refractivity (Wildman–Crippen MR) is 106 cm³/mol. The number of rotatable bonds is 6. The number of sulfonamides is 1. The molecule has 1 aliphatic carbocycles. The molecule has 2 atom stereocenters. The Morgan fingerprint density at radius 2 is 2.07 bits per heavy atom. The molecule has 0 spiro atoms. The van der Waals surface area contributed by atoms with E-state index in [1.807, 2.05) is 0 Å². The third-order valence-corrected chi connectivity index (χ3v) is 6.13. The Labute approximate surface area is 173 Å². The summed E-state index contributed by atoms with van der Waals surface area (Å²) in [4.78, 5) is 20.5. The Bertz CT molecular complexity index is 1020. The molecule has 7 nitrogen and oxygen atoms in total. The largest absolute Gasteiger partial charge is 0.469 e. The summed E-state index contributed by atoms with van der Waals surface area (Å²) in [7, 11) is -2.06. The van der Waals surface area contributed by atoms with E-state index in [0.717, 1.165) is 24.2 Å². The smallest absolute Gasteiger partial charge is 0.312 e. The topological polar surface area (TPSA) is 98.2 Å². The molecular weight excluding hydrogens is 421 g/mol. The maximum Gasteiger partial charge on any atom is 0.312 e. The fourth-order valence-electron chi connectivity index (χ4n) is 3.86. The van der Waals surface area contributed by atoms with Crippen molar-refractivity contribution in [2.75, 3.05) is 13.4 Å². The number of aromatic nitrogens is 2. The molecule has 0 bridgehead atoms. The number of halogens is 2. The summed E-state index contributed by atoms with van der Waals surface area (Å²) in [6.07, 6.45) is 4.89. The SMILES string of the molecule is COC(=O)[C@@]1(Cc2ccc(Cl)c(-c3ncc(F)cn3)c2)CC[C@H](NS(C)(=O)=O)C1. The van der Waals surface area contributed by atoms with Gasteiger partial charge in [0.2, 0.25) is 10.0 Å². The lowest BCUT2D eigenvalue weighted by atomic mass is 9.79. The van der Waals surface area contributed by atoms with Crippen LogP contribution in [0.4, 0.5) is 4.39 Å². The number of carbonyl (C=O) groups is 1. The van der Waals surface area contributed by atoms with E-state index in [1.54, 1.807) is 18.2 Å². The van der Waals surface area contributed by atoms with Gasteiger partial charge in [-0.2, -0.15) is 0 Å². The molecule has 1 aromatic carbocycles. The van der Waals surface area contributed by atoms with Gasteiger partial charge in [-0.05, 0) is 43.4 Å². The third kappa shape index (κ3) is 5.09. The second-order valence-electron chi connectivity index (χ2n) is 7.32. The lowest BCUT2D eigenvalue weighted by molar-refractivity contribution is -0.152. The monoisotopic (exact) mass is 441 g/mol. The van der Waals surface area contributed by atoms with Gasteiger partial charge in [0.25, 0.3) is 0 Å². The molecule has 10 heteroatoms. The van der Waals surface area contributed by atoms with E-state index in [2.05, 4.69) is 14.7 Å². The molecule has 2 aromatic rings. The Morgan fingerprint density at radius 1 is 1.38 bits per heavy atom. The van der Waals surface area contributed by atoms with Gasteiger partial charge in [-0.3, -0.25) is 4.79 Å². The van der Waals surface area contributed by atoms with Crippen LogP contribution >= 0.6 is 11.6 Å². The first-order valence-corrected chi connectivity index (χ1v) is 11.2. The molecule has 1 N–H and O–H groups in total. The average molecular weight is 442 g/mol. The number of carbonyl (C=O) groups excluding carboxylic acids is 1. The second kappa shape index (κ2) is 8.33. The van der Waals surface area contributed by atoms with Crippen LogP contribution in [-0.4, -0.2) is 43.8 Å². The Balaban J connectivity index is 1.90. The normalized spacial score (nSPS) is 21.9. The molecule has 1 saturated carbocycles. The van der Waals surface area contributed by atoms with E-state index in [0.29, 0.717) is 36.3 Å². The molecule has 0 amide bonds. The summed E-state index contributed by atoms with van der Waals surface area (Å²) < 4.78 is 43.9. The minimum absolute atomic E-state index is 0.272. The van der Waals surface area contributed by atoms with Crippen molar-refractivity contribution in [2.24, 2.45) is 5.41 Å². The second-order valence-corrected chi connectivity index (χ2v) is 9.50. The van der Waals surface area contributed by atoms with Gasteiger partial charge in [0, 0.05) is 11.6 Å². The van der Waals surface area contributed by atoms with Gasteiger partial charge >= 0.3 is 5.97 Å². The molecule has 29 heavy (non-hydrogen) atoms. The maximum atomic E-state index is 13.1. The first-order valence-electron chi connectivity index (χ1n) is 8.94. The van der Waals surface area contributed by atoms with E-state index in [-0.39, 0.29) is 17.8 Å². The molecule has 0 saturated heterocycles. The summed E-state index contributed by atoms with van der Waals surface area (Å²) in [5.41, 5.74) is 0.460. The number of ether oxygens (including phenoxy) is 1. The van der Waals surface area contributed by atoms with Crippen molar-refractivity contribution in [1.82, 2.24) is 14.7 Å². The number of nitrogens with one attached hydrogen (secondary N) is 1. The number of esters is 1. The predicted octanol–water partition coefficient (Wildman–Crippen LogP) is 2.74. The number of methoxy groups -OCH3 is 1. The first kappa shape index (κ1) is 21.6. The highest BCUT2D eigenvalue weighted by atomic mass is 35.5. The minimum Gasteiger partial charge on any atom is -0.469 e. The average Bonchev–Trinajstić information content (AvgIpc) is 3.05. The Kier molecular flexibility index (Phi) is 6.21. The van der Waals surface area contributed by atoms with Crippen molar-refractivity contribution < 1.29 is 22.3 Å². The van der Waals surface area contributed by atoms with Crippen LogP contribution in [0.1, 0.15) is 24.8 Å². The molecule has 1 aromatic heterocycles. The summed E-state index contributed by atoms with van der Waals surface area (Å²) in [5, 5.41) is 0.399. The molecule has 156 valence electrons. The quantitative estimate of drug-likeness (QED) is 0.692. The number of nitrogens with zero attached hydrogens (tertiary/aromatic N) is 2. The van der Waals surface area contributed by atoms with Gasteiger partial charge in [-0.25, -0.2) is 27.5 Å². The van der Waals surface area contributed by atoms with Crippen molar-refractivity contribution in [3.8, 4) is 11.4 Å². The third-order valence-electron chi connectivity index (χ3n) is 5.04. The summed E-state index contributed by atoms with van der Waals surface area (Å²) in [5.74, 6) is -0.667. The lowest BCUT2D eigenvalue weighted by Gasteiger charge is -2.27. The fraction of sp³-hybridized carbons (Fsp3) is 0.421. The number of benzene rings is 1. The summed E-state index contributed by atoms with van der Waals surface area (Å²) >= 11 is 6.27. The van der Waals surface area contributed by atoms with Gasteiger partial charge in [-0.1, -0.05) is 17.7 Å². The van der Waals surface area contributed by atoms with E-state index >= 15 is 0 Å². The zero-order valence-corrected chi connectivity index (χ0v) is 17.6. The molecule has 1 aliphatic rings. The lowest BCUT2D eigenvalue weighted by Crippen LogP contribution is -2.37. The van der Waals surface area contributed by atoms with Crippen molar-refractivity contribution in [2.45, 2.75) is 31.7 Å². The van der Waals surface area contributed by atoms with Crippen molar-refractivity contribution in [1.29, 1.82) is 0 Å².